The molecule has 0 aliphatic heterocycles. The number of aromatic nitrogens is 5. The monoisotopic (exact) mass is 851 g/mol. The third-order valence-corrected chi connectivity index (χ3v) is 11.0. The molecule has 3 aromatic heterocycles. The van der Waals surface area contributed by atoms with E-state index in [1.165, 1.54) is 36.0 Å². The Labute approximate surface area is 331 Å². The van der Waals surface area contributed by atoms with Crippen LogP contribution in [-0.2, 0) is 40.8 Å². The highest BCUT2D eigenvalue weighted by molar-refractivity contribution is 7.92. The highest BCUT2D eigenvalue weighted by Crippen LogP contribution is 2.63. The molecule has 20 heteroatoms. The van der Waals surface area contributed by atoms with E-state index in [4.69, 9.17) is 11.6 Å². The minimum Gasteiger partial charge on any atom is -0.375 e. The molecule has 1 saturated carbocycles. The van der Waals surface area contributed by atoms with Gasteiger partial charge in [0.05, 0.1) is 33.9 Å². The number of anilines is 1. The van der Waals surface area contributed by atoms with Crippen LogP contribution < -0.4 is 10.0 Å². The highest BCUT2D eigenvalue weighted by Gasteiger charge is 2.62. The Morgan fingerprint density at radius 3 is 2.40 bits per heavy atom. The average molecular weight is 852 g/mol. The van der Waals surface area contributed by atoms with Crippen molar-refractivity contribution in [3.05, 3.63) is 93.0 Å². The molecule has 0 bridgehead atoms. The van der Waals surface area contributed by atoms with Crippen molar-refractivity contribution in [1.82, 2.24) is 29.9 Å². The predicted octanol–water partition coefficient (Wildman–Crippen LogP) is 6.84. The quantitative estimate of drug-likeness (QED) is 0.0976. The van der Waals surface area contributed by atoms with Gasteiger partial charge in [0.1, 0.15) is 41.9 Å². The smallest absolute Gasteiger partial charge is 0.293 e. The van der Waals surface area contributed by atoms with E-state index in [1.807, 2.05) is 0 Å². The molecule has 0 radical (unpaired) electrons. The van der Waals surface area contributed by atoms with Gasteiger partial charge in [0, 0.05) is 35.7 Å². The van der Waals surface area contributed by atoms with Gasteiger partial charge in [-0.1, -0.05) is 23.6 Å². The summed E-state index contributed by atoms with van der Waals surface area (Å²) in [7, 11) is -2.36. The molecule has 3 N–H and O–H groups in total. The minimum atomic E-state index is -3.86. The minimum absolute atomic E-state index is 0.00287. The number of hydrogen-bond acceptors (Lipinski definition) is 7. The number of halogens is 8. The van der Waals surface area contributed by atoms with Crippen molar-refractivity contribution in [1.29, 1.82) is 0 Å². The Morgan fingerprint density at radius 1 is 1.09 bits per heavy atom. The number of amides is 1. The summed E-state index contributed by atoms with van der Waals surface area (Å²) >= 11 is 6.56. The number of rotatable bonds is 11. The topological polar surface area (TPSA) is 144 Å². The van der Waals surface area contributed by atoms with Crippen molar-refractivity contribution in [2.24, 2.45) is 13.0 Å². The molecule has 2 aromatic carbocycles. The molecule has 3 heterocycles. The Hall–Kier alpha value is -5.19. The molecule has 7 rings (SSSR count). The Morgan fingerprint density at radius 2 is 1.78 bits per heavy atom. The molecule has 58 heavy (non-hydrogen) atoms. The number of aliphatic hydroxyl groups is 1. The van der Waals surface area contributed by atoms with Crippen LogP contribution in [0.1, 0.15) is 72.1 Å². The molecule has 11 nitrogen and oxygen atoms in total. The zero-order chi connectivity index (χ0) is 42.1. The number of aryl methyl sites for hydroxylation is 1. The molecule has 0 spiro atoms. The first kappa shape index (κ1) is 41.0. The first-order valence-electron chi connectivity index (χ1n) is 17.6. The zero-order valence-corrected chi connectivity index (χ0v) is 32.3. The molecule has 4 atom stereocenters. The van der Waals surface area contributed by atoms with E-state index in [9.17, 15) is 40.3 Å². The van der Waals surface area contributed by atoms with Crippen molar-refractivity contribution in [3.8, 4) is 23.0 Å². The standard InChI is InChI=1S/C38H33ClF7N7O4S/c1-37(55,17-40)11-10-21-4-5-22(23-7-9-26(39)30-33(23)52(2)50-36(30)51-58(3,56)57)31(47-21)27(14-18-12-19(41)15-20(42)13-18)48-28(54)16-53-34-29(32(49-53)35(43)44)24-6-8-25(24)38(34,45)46/h4-5,7,9,12-13,15,24-25,27,35,55H,6,8,14,16-17H2,1-3H3,(H,48,54)(H,50,51)/t24-,25+,27-,37?/m0/s1. The largest absolute Gasteiger partial charge is 0.375 e. The van der Waals surface area contributed by atoms with Gasteiger partial charge in [-0.2, -0.15) is 19.0 Å². The third-order valence-electron chi connectivity index (χ3n) is 10.1. The lowest BCUT2D eigenvalue weighted by Gasteiger charge is -2.34. The summed E-state index contributed by atoms with van der Waals surface area (Å²) in [5.74, 6) is -3.76. The number of sulfonamides is 1. The van der Waals surface area contributed by atoms with Gasteiger partial charge in [0.2, 0.25) is 15.9 Å². The fourth-order valence-corrected chi connectivity index (χ4v) is 8.35. The van der Waals surface area contributed by atoms with E-state index in [2.05, 4.69) is 37.1 Å². The highest BCUT2D eigenvalue weighted by atomic mass is 35.5. The number of fused-ring (bicyclic) bond motifs is 4. The van der Waals surface area contributed by atoms with Crippen LogP contribution in [0.4, 0.5) is 36.6 Å². The molecular formula is C38H33ClF7N7O4S. The van der Waals surface area contributed by atoms with Gasteiger partial charge < -0.3 is 10.4 Å². The summed E-state index contributed by atoms with van der Waals surface area (Å²) in [6, 6.07) is 7.04. The van der Waals surface area contributed by atoms with Gasteiger partial charge in [-0.25, -0.2) is 35.4 Å². The maximum absolute atomic E-state index is 15.6. The van der Waals surface area contributed by atoms with Crippen LogP contribution in [-0.4, -0.2) is 62.5 Å². The van der Waals surface area contributed by atoms with Gasteiger partial charge in [-0.05, 0) is 73.9 Å². The second-order valence-corrected chi connectivity index (χ2v) is 16.7. The van der Waals surface area contributed by atoms with Crippen LogP contribution in [0.5, 0.6) is 0 Å². The normalized spacial score (nSPS) is 18.5. The first-order chi connectivity index (χ1) is 27.2. The summed E-state index contributed by atoms with van der Waals surface area (Å²) < 4.78 is 131. The number of pyridine rings is 1. The Balaban J connectivity index is 1.39. The number of nitrogens with one attached hydrogen (secondary N) is 2. The van der Waals surface area contributed by atoms with Crippen molar-refractivity contribution in [2.45, 2.75) is 62.6 Å². The van der Waals surface area contributed by atoms with Crippen molar-refractivity contribution < 1.29 is 49.1 Å². The molecule has 1 fully saturated rings. The van der Waals surface area contributed by atoms with Crippen molar-refractivity contribution >= 4 is 44.3 Å². The van der Waals surface area contributed by atoms with Crippen LogP contribution >= 0.6 is 11.6 Å². The number of nitrogens with zero attached hydrogens (tertiary/aromatic N) is 5. The number of benzene rings is 2. The molecule has 5 aromatic rings. The van der Waals surface area contributed by atoms with Gasteiger partial charge in [-0.15, -0.1) is 0 Å². The van der Waals surface area contributed by atoms with Crippen LogP contribution in [0.15, 0.2) is 42.5 Å². The average Bonchev–Trinajstić information content (AvgIpc) is 3.67. The molecule has 0 saturated heterocycles. The summed E-state index contributed by atoms with van der Waals surface area (Å²) in [5.41, 5.74) is -3.37. The van der Waals surface area contributed by atoms with Gasteiger partial charge >= 0.3 is 0 Å². The molecule has 2 aliphatic rings. The van der Waals surface area contributed by atoms with Crippen LogP contribution in [0.3, 0.4) is 0 Å². The number of alkyl halides is 5. The van der Waals surface area contributed by atoms with E-state index in [0.717, 1.165) is 25.3 Å². The molecular weight excluding hydrogens is 819 g/mol. The maximum atomic E-state index is 15.6. The number of carbonyl (C=O) groups excluding carboxylic acids is 1. The van der Waals surface area contributed by atoms with Crippen LogP contribution in [0.2, 0.25) is 5.02 Å². The van der Waals surface area contributed by atoms with E-state index in [0.29, 0.717) is 16.3 Å². The van der Waals surface area contributed by atoms with Crippen LogP contribution in [0, 0.1) is 29.4 Å². The molecule has 306 valence electrons. The summed E-state index contributed by atoms with van der Waals surface area (Å²) in [4.78, 5) is 18.6. The second-order valence-electron chi connectivity index (χ2n) is 14.6. The lowest BCUT2D eigenvalue weighted by atomic mass is 9.73. The summed E-state index contributed by atoms with van der Waals surface area (Å²) in [5, 5.41) is 21.2. The van der Waals surface area contributed by atoms with E-state index >= 15 is 8.78 Å². The summed E-state index contributed by atoms with van der Waals surface area (Å²) in [6.07, 6.45) is -2.34. The van der Waals surface area contributed by atoms with Crippen molar-refractivity contribution in [3.63, 3.8) is 0 Å². The van der Waals surface area contributed by atoms with Gasteiger partial charge in [-0.3, -0.25) is 18.9 Å². The molecule has 1 amide bonds. The second kappa shape index (κ2) is 14.9. The fraction of sp³-hybridized carbons (Fsp3) is 0.368. The van der Waals surface area contributed by atoms with Crippen LogP contribution in [0.25, 0.3) is 22.0 Å². The maximum Gasteiger partial charge on any atom is 0.293 e. The predicted molar refractivity (Wildman–Crippen MR) is 198 cm³/mol. The zero-order valence-electron chi connectivity index (χ0n) is 30.7. The van der Waals surface area contributed by atoms with Gasteiger partial charge in [0.15, 0.2) is 11.4 Å². The van der Waals surface area contributed by atoms with Crippen molar-refractivity contribution in [2.75, 3.05) is 17.7 Å². The first-order valence-corrected chi connectivity index (χ1v) is 19.9. The number of hydrogen-bond donors (Lipinski definition) is 3. The summed E-state index contributed by atoms with van der Waals surface area (Å²) in [6.45, 7) is -1.08. The SMILES string of the molecule is Cn1nc(NS(C)(=O)=O)c2c(Cl)ccc(-c3ccc(C#CC(C)(O)CF)nc3[C@H](Cc3cc(F)cc(F)c3)NC(=O)Cn3nc(C(F)F)c4c3C(F)(F)[C@@H]3CC[C@H]43)c21. The molecule has 2 aliphatic carbocycles. The van der Waals surface area contributed by atoms with E-state index in [1.54, 1.807) is 0 Å². The molecule has 1 unspecified atom stereocenters. The number of carbonyl (C=O) groups is 1. The third kappa shape index (κ3) is 7.72. The van der Waals surface area contributed by atoms with E-state index < -0.39 is 94.4 Å². The van der Waals surface area contributed by atoms with Gasteiger partial charge in [0.25, 0.3) is 12.3 Å². The Bertz CT molecular complexity index is 2640. The Kier molecular flexibility index (Phi) is 10.5. The lowest BCUT2D eigenvalue weighted by Crippen LogP contribution is -2.36. The lowest BCUT2D eigenvalue weighted by molar-refractivity contribution is -0.123. The van der Waals surface area contributed by atoms with E-state index in [-0.39, 0.29) is 62.7 Å². The fourth-order valence-electron chi connectivity index (χ4n) is 7.61.